The van der Waals surface area contributed by atoms with Crippen LogP contribution in [0.1, 0.15) is 31.2 Å². The number of amides is 1. The molecule has 5 rings (SSSR count). The van der Waals surface area contributed by atoms with Crippen molar-refractivity contribution in [1.82, 2.24) is 19.9 Å². The molecule has 0 atom stereocenters. The Balaban J connectivity index is 1.43. The molecule has 3 aromatic rings. The lowest BCUT2D eigenvalue weighted by Gasteiger charge is -2.35. The van der Waals surface area contributed by atoms with Crippen molar-refractivity contribution in [3.8, 4) is 22.9 Å². The molecule has 2 aromatic heterocycles. The summed E-state index contributed by atoms with van der Waals surface area (Å²) in [5.41, 5.74) is 3.01. The van der Waals surface area contributed by atoms with Gasteiger partial charge in [0.05, 0.1) is 30.6 Å². The number of hydrogen-bond donors (Lipinski definition) is 0. The molecular formula is C26H27F2N5O3. The standard InChI is InChI=1S/C26H27F2N5O3/c1-16(34)33-13-9-21-22(15-33)30-24(19-4-3-10-29-26(19)35-2)25(31-21)32-11-7-18(8-12-32)36-23-6-5-17(27)14-20(23)28/h3-6,10,14,18H,7-9,11-13,15H2,1-2H3. The molecular weight excluding hydrogens is 468 g/mol. The van der Waals surface area contributed by atoms with E-state index < -0.39 is 11.6 Å². The van der Waals surface area contributed by atoms with Crippen LogP contribution in [0.3, 0.4) is 0 Å². The predicted octanol–water partition coefficient (Wildman–Crippen LogP) is 3.78. The SMILES string of the molecule is COc1ncccc1-c1nc2c(nc1N1CCC(Oc3ccc(F)cc3F)CC1)CCN(C(C)=O)C2. The van der Waals surface area contributed by atoms with Crippen LogP contribution in [0.25, 0.3) is 11.3 Å². The third kappa shape index (κ3) is 4.80. The second-order valence-corrected chi connectivity index (χ2v) is 8.92. The van der Waals surface area contributed by atoms with Crippen molar-refractivity contribution in [3.05, 3.63) is 59.6 Å². The lowest BCUT2D eigenvalue weighted by atomic mass is 10.0. The van der Waals surface area contributed by atoms with Gasteiger partial charge >= 0.3 is 0 Å². The number of halogens is 2. The van der Waals surface area contributed by atoms with Crippen molar-refractivity contribution in [2.24, 2.45) is 0 Å². The van der Waals surface area contributed by atoms with Crippen LogP contribution in [0.2, 0.25) is 0 Å². The third-order valence-electron chi connectivity index (χ3n) is 6.59. The molecule has 0 unspecified atom stereocenters. The fourth-order valence-electron chi connectivity index (χ4n) is 4.66. The Morgan fingerprint density at radius 1 is 1.08 bits per heavy atom. The Morgan fingerprint density at radius 3 is 2.61 bits per heavy atom. The monoisotopic (exact) mass is 495 g/mol. The normalized spacial score (nSPS) is 16.0. The van der Waals surface area contributed by atoms with Crippen molar-refractivity contribution in [2.75, 3.05) is 31.6 Å². The number of rotatable bonds is 5. The van der Waals surface area contributed by atoms with Crippen molar-refractivity contribution < 1.29 is 23.0 Å². The first-order valence-corrected chi connectivity index (χ1v) is 11.9. The zero-order valence-corrected chi connectivity index (χ0v) is 20.2. The Morgan fingerprint density at radius 2 is 1.89 bits per heavy atom. The highest BCUT2D eigenvalue weighted by molar-refractivity contribution is 5.77. The van der Waals surface area contributed by atoms with Gasteiger partial charge in [0.25, 0.3) is 0 Å². The van der Waals surface area contributed by atoms with E-state index in [1.807, 2.05) is 12.1 Å². The number of fused-ring (bicyclic) bond motifs is 1. The number of carbonyl (C=O) groups excluding carboxylic acids is 1. The molecule has 0 radical (unpaired) electrons. The van der Waals surface area contributed by atoms with Crippen molar-refractivity contribution in [2.45, 2.75) is 38.8 Å². The fourth-order valence-corrected chi connectivity index (χ4v) is 4.66. The minimum absolute atomic E-state index is 0.00620. The van der Waals surface area contributed by atoms with Gasteiger partial charge in [0, 0.05) is 58.1 Å². The molecule has 0 spiro atoms. The summed E-state index contributed by atoms with van der Waals surface area (Å²) in [4.78, 5) is 30.2. The van der Waals surface area contributed by atoms with Crippen LogP contribution in [0.15, 0.2) is 36.5 Å². The first-order valence-electron chi connectivity index (χ1n) is 11.9. The molecule has 2 aliphatic rings. The topological polar surface area (TPSA) is 80.7 Å². The van der Waals surface area contributed by atoms with E-state index in [1.165, 1.54) is 12.1 Å². The van der Waals surface area contributed by atoms with Crippen LogP contribution >= 0.6 is 0 Å². The summed E-state index contributed by atoms with van der Waals surface area (Å²) in [6.07, 6.45) is 3.35. The number of piperidine rings is 1. The van der Waals surface area contributed by atoms with E-state index in [0.29, 0.717) is 57.0 Å². The summed E-state index contributed by atoms with van der Waals surface area (Å²) in [6.45, 7) is 3.81. The van der Waals surface area contributed by atoms with Gasteiger partial charge in [0.2, 0.25) is 11.8 Å². The average molecular weight is 496 g/mol. The van der Waals surface area contributed by atoms with Gasteiger partial charge in [-0.25, -0.2) is 23.7 Å². The zero-order valence-electron chi connectivity index (χ0n) is 20.2. The van der Waals surface area contributed by atoms with E-state index in [2.05, 4.69) is 9.88 Å². The summed E-state index contributed by atoms with van der Waals surface area (Å²) >= 11 is 0. The van der Waals surface area contributed by atoms with Gasteiger partial charge in [-0.2, -0.15) is 0 Å². The Labute approximate surface area is 207 Å². The van der Waals surface area contributed by atoms with Crippen molar-refractivity contribution >= 4 is 11.7 Å². The van der Waals surface area contributed by atoms with Crippen LogP contribution in [0.4, 0.5) is 14.6 Å². The second kappa shape index (κ2) is 10.0. The fraction of sp³-hybridized carbons (Fsp3) is 0.385. The van der Waals surface area contributed by atoms with Crippen LogP contribution in [-0.4, -0.2) is 58.6 Å². The highest BCUT2D eigenvalue weighted by Crippen LogP contribution is 2.36. The van der Waals surface area contributed by atoms with Crippen LogP contribution in [0.5, 0.6) is 11.6 Å². The largest absolute Gasteiger partial charge is 0.487 e. The van der Waals surface area contributed by atoms with Gasteiger partial charge in [-0.3, -0.25) is 4.79 Å². The molecule has 1 amide bonds. The van der Waals surface area contributed by atoms with E-state index in [0.717, 1.165) is 28.8 Å². The number of anilines is 1. The Kier molecular flexibility index (Phi) is 6.67. The molecule has 188 valence electrons. The van der Waals surface area contributed by atoms with Gasteiger partial charge in [-0.15, -0.1) is 0 Å². The number of nitrogens with zero attached hydrogens (tertiary/aromatic N) is 5. The molecule has 8 nitrogen and oxygen atoms in total. The summed E-state index contributed by atoms with van der Waals surface area (Å²) in [6, 6.07) is 7.06. The first-order chi connectivity index (χ1) is 17.4. The zero-order chi connectivity index (χ0) is 25.2. The maximum absolute atomic E-state index is 14.1. The highest BCUT2D eigenvalue weighted by atomic mass is 19.1. The third-order valence-corrected chi connectivity index (χ3v) is 6.59. The number of methoxy groups -OCH3 is 1. The Hall–Kier alpha value is -3.82. The van der Waals surface area contributed by atoms with Gasteiger partial charge in [0.15, 0.2) is 17.4 Å². The lowest BCUT2D eigenvalue weighted by Crippen LogP contribution is -2.40. The van der Waals surface area contributed by atoms with Gasteiger partial charge in [-0.1, -0.05) is 0 Å². The average Bonchev–Trinajstić information content (AvgIpc) is 2.89. The van der Waals surface area contributed by atoms with Crippen LogP contribution in [0, 0.1) is 11.6 Å². The van der Waals surface area contributed by atoms with E-state index in [4.69, 9.17) is 19.4 Å². The molecule has 0 aliphatic carbocycles. The van der Waals surface area contributed by atoms with Crippen molar-refractivity contribution in [3.63, 3.8) is 0 Å². The van der Waals surface area contributed by atoms with Crippen LogP contribution < -0.4 is 14.4 Å². The first kappa shape index (κ1) is 23.9. The number of pyridine rings is 1. The maximum atomic E-state index is 14.1. The summed E-state index contributed by atoms with van der Waals surface area (Å²) in [5.74, 6) is -0.111. The number of ether oxygens (including phenoxy) is 2. The number of aromatic nitrogens is 3. The van der Waals surface area contributed by atoms with Crippen molar-refractivity contribution in [1.29, 1.82) is 0 Å². The van der Waals surface area contributed by atoms with Crippen LogP contribution in [-0.2, 0) is 17.8 Å². The number of hydrogen-bond acceptors (Lipinski definition) is 7. The van der Waals surface area contributed by atoms with Gasteiger partial charge < -0.3 is 19.3 Å². The maximum Gasteiger partial charge on any atom is 0.222 e. The molecule has 0 saturated carbocycles. The van der Waals surface area contributed by atoms with E-state index >= 15 is 0 Å². The number of carbonyl (C=O) groups is 1. The minimum Gasteiger partial charge on any atom is -0.487 e. The molecule has 1 aromatic carbocycles. The van der Waals surface area contributed by atoms with E-state index in [-0.39, 0.29) is 17.8 Å². The summed E-state index contributed by atoms with van der Waals surface area (Å²) in [7, 11) is 1.56. The molecule has 10 heteroatoms. The highest BCUT2D eigenvalue weighted by Gasteiger charge is 2.29. The molecule has 1 saturated heterocycles. The molecule has 0 bridgehead atoms. The Bertz CT molecular complexity index is 1280. The summed E-state index contributed by atoms with van der Waals surface area (Å²) in [5, 5.41) is 0. The molecule has 2 aliphatic heterocycles. The lowest BCUT2D eigenvalue weighted by molar-refractivity contribution is -0.129. The predicted molar refractivity (Wildman–Crippen MR) is 129 cm³/mol. The smallest absolute Gasteiger partial charge is 0.222 e. The summed E-state index contributed by atoms with van der Waals surface area (Å²) < 4.78 is 38.6. The molecule has 36 heavy (non-hydrogen) atoms. The second-order valence-electron chi connectivity index (χ2n) is 8.92. The van der Waals surface area contributed by atoms with Gasteiger partial charge in [0.1, 0.15) is 17.6 Å². The van der Waals surface area contributed by atoms with Gasteiger partial charge in [-0.05, 0) is 24.3 Å². The molecule has 1 fully saturated rings. The van der Waals surface area contributed by atoms with E-state index in [1.54, 1.807) is 25.1 Å². The quantitative estimate of drug-likeness (QED) is 0.533. The molecule has 4 heterocycles. The van der Waals surface area contributed by atoms with E-state index in [9.17, 15) is 13.6 Å². The molecule has 0 N–H and O–H groups in total. The minimum atomic E-state index is -0.705. The number of benzene rings is 1.